The molecule has 0 aliphatic carbocycles. The van der Waals surface area contributed by atoms with Crippen LogP contribution in [0.5, 0.6) is 0 Å². The Kier molecular flexibility index (Phi) is 5.45. The Labute approximate surface area is 108 Å². The maximum atomic E-state index is 11.4. The van der Waals surface area contributed by atoms with Crippen molar-refractivity contribution in [2.24, 2.45) is 0 Å². The number of nitrogens with one attached hydrogen (secondary N) is 1. The van der Waals surface area contributed by atoms with E-state index < -0.39 is 0 Å². The number of carbonyl (C=O) groups excluding carboxylic acids is 1. The van der Waals surface area contributed by atoms with Gasteiger partial charge >= 0.3 is 0 Å². The van der Waals surface area contributed by atoms with E-state index >= 15 is 0 Å². The average Bonchev–Trinajstić information content (AvgIpc) is 2.28. The molecule has 17 heavy (non-hydrogen) atoms. The Morgan fingerprint density at radius 1 is 1.35 bits per heavy atom. The first-order valence-corrected chi connectivity index (χ1v) is 6.13. The van der Waals surface area contributed by atoms with Gasteiger partial charge in [0.05, 0.1) is 6.04 Å². The molecule has 0 bridgehead atoms. The summed E-state index contributed by atoms with van der Waals surface area (Å²) < 4.78 is 0. The molecule has 3 nitrogen and oxygen atoms in total. The standard InChI is InChI=1S/C13H19ClN2O/c1-10-4-6-11(7-5-10)12(9-16(2)3)15-13(17)8-14/h4-7,12H,8-9H2,1-3H3,(H,15,17). The third-order valence-electron chi connectivity index (χ3n) is 2.48. The maximum absolute atomic E-state index is 11.4. The number of hydrogen-bond acceptors (Lipinski definition) is 2. The summed E-state index contributed by atoms with van der Waals surface area (Å²) in [5.74, 6) is -0.144. The topological polar surface area (TPSA) is 32.3 Å². The van der Waals surface area contributed by atoms with E-state index in [1.165, 1.54) is 5.56 Å². The van der Waals surface area contributed by atoms with Crippen molar-refractivity contribution in [1.82, 2.24) is 10.2 Å². The molecule has 1 aromatic carbocycles. The van der Waals surface area contributed by atoms with E-state index in [-0.39, 0.29) is 17.8 Å². The Bertz CT molecular complexity index is 362. The molecule has 0 aromatic heterocycles. The SMILES string of the molecule is Cc1ccc(C(CN(C)C)NC(=O)CCl)cc1. The van der Waals surface area contributed by atoms with Gasteiger partial charge in [0.2, 0.25) is 5.91 Å². The van der Waals surface area contributed by atoms with Gasteiger partial charge in [-0.05, 0) is 26.6 Å². The lowest BCUT2D eigenvalue weighted by Crippen LogP contribution is -2.35. The molecule has 0 heterocycles. The number of halogens is 1. The molecule has 1 atom stereocenters. The first kappa shape index (κ1) is 14.0. The molecule has 0 aliphatic heterocycles. The molecule has 1 aromatic rings. The molecule has 94 valence electrons. The highest BCUT2D eigenvalue weighted by molar-refractivity contribution is 6.27. The second-order valence-corrected chi connectivity index (χ2v) is 4.69. The minimum absolute atomic E-state index is 0.00418. The molecule has 1 N–H and O–H groups in total. The fourth-order valence-electron chi connectivity index (χ4n) is 1.63. The predicted octanol–water partition coefficient (Wildman–Crippen LogP) is 1.95. The second kappa shape index (κ2) is 6.62. The van der Waals surface area contributed by atoms with Gasteiger partial charge in [0, 0.05) is 6.54 Å². The summed E-state index contributed by atoms with van der Waals surface area (Å²) in [5, 5.41) is 2.92. The van der Waals surface area contributed by atoms with E-state index in [2.05, 4.69) is 5.32 Å². The van der Waals surface area contributed by atoms with Gasteiger partial charge in [-0.3, -0.25) is 4.79 Å². The predicted molar refractivity (Wildman–Crippen MR) is 71.3 cm³/mol. The smallest absolute Gasteiger partial charge is 0.235 e. The summed E-state index contributed by atoms with van der Waals surface area (Å²) in [7, 11) is 3.96. The first-order valence-electron chi connectivity index (χ1n) is 5.59. The Balaban J connectivity index is 2.81. The molecule has 1 amide bonds. The van der Waals surface area contributed by atoms with Crippen LogP contribution in [0.1, 0.15) is 17.2 Å². The van der Waals surface area contributed by atoms with Crippen LogP contribution in [0.3, 0.4) is 0 Å². The number of aryl methyl sites for hydroxylation is 1. The molecule has 0 fully saturated rings. The van der Waals surface area contributed by atoms with E-state index in [1.54, 1.807) is 0 Å². The lowest BCUT2D eigenvalue weighted by atomic mass is 10.0. The van der Waals surface area contributed by atoms with Crippen molar-refractivity contribution in [3.8, 4) is 0 Å². The lowest BCUT2D eigenvalue weighted by molar-refractivity contribution is -0.119. The Morgan fingerprint density at radius 2 is 1.94 bits per heavy atom. The highest BCUT2D eigenvalue weighted by atomic mass is 35.5. The van der Waals surface area contributed by atoms with Gasteiger partial charge in [0.15, 0.2) is 0 Å². The second-order valence-electron chi connectivity index (χ2n) is 4.43. The summed E-state index contributed by atoms with van der Waals surface area (Å²) in [6, 6.07) is 8.16. The van der Waals surface area contributed by atoms with Crippen molar-refractivity contribution in [1.29, 1.82) is 0 Å². The zero-order chi connectivity index (χ0) is 12.8. The van der Waals surface area contributed by atoms with Crippen molar-refractivity contribution in [2.45, 2.75) is 13.0 Å². The van der Waals surface area contributed by atoms with Gasteiger partial charge in [-0.2, -0.15) is 0 Å². The molecule has 0 saturated heterocycles. The summed E-state index contributed by atoms with van der Waals surface area (Å²) in [6.45, 7) is 2.80. The molecular formula is C13H19ClN2O. The van der Waals surface area contributed by atoms with Crippen LogP contribution in [0.2, 0.25) is 0 Å². The van der Waals surface area contributed by atoms with Crippen LogP contribution in [0.4, 0.5) is 0 Å². The van der Waals surface area contributed by atoms with Crippen LogP contribution in [0.25, 0.3) is 0 Å². The van der Waals surface area contributed by atoms with Crippen LogP contribution in [-0.4, -0.2) is 37.3 Å². The minimum atomic E-state index is -0.140. The number of rotatable bonds is 5. The quantitative estimate of drug-likeness (QED) is 0.815. The van der Waals surface area contributed by atoms with Crippen molar-refractivity contribution >= 4 is 17.5 Å². The zero-order valence-corrected chi connectivity index (χ0v) is 11.3. The summed E-state index contributed by atoms with van der Waals surface area (Å²) in [6.07, 6.45) is 0. The van der Waals surface area contributed by atoms with E-state index in [0.717, 1.165) is 12.1 Å². The molecule has 0 saturated carbocycles. The molecule has 0 spiro atoms. The Hall–Kier alpha value is -1.06. The third kappa shape index (κ3) is 4.75. The molecule has 0 aliphatic rings. The number of carbonyl (C=O) groups is 1. The van der Waals surface area contributed by atoms with Gasteiger partial charge in [-0.15, -0.1) is 11.6 Å². The minimum Gasteiger partial charge on any atom is -0.347 e. The number of alkyl halides is 1. The largest absolute Gasteiger partial charge is 0.347 e. The Morgan fingerprint density at radius 3 is 2.41 bits per heavy atom. The van der Waals surface area contributed by atoms with Gasteiger partial charge in [-0.25, -0.2) is 0 Å². The highest BCUT2D eigenvalue weighted by Crippen LogP contribution is 2.14. The van der Waals surface area contributed by atoms with Crippen LogP contribution in [0, 0.1) is 6.92 Å². The van der Waals surface area contributed by atoms with E-state index in [0.29, 0.717) is 0 Å². The number of hydrogen-bond donors (Lipinski definition) is 1. The van der Waals surface area contributed by atoms with Crippen molar-refractivity contribution < 1.29 is 4.79 Å². The van der Waals surface area contributed by atoms with Crippen molar-refractivity contribution in [3.63, 3.8) is 0 Å². The lowest BCUT2D eigenvalue weighted by Gasteiger charge is -2.22. The maximum Gasteiger partial charge on any atom is 0.235 e. The molecule has 0 radical (unpaired) electrons. The molecule has 4 heteroatoms. The van der Waals surface area contributed by atoms with Crippen LogP contribution in [-0.2, 0) is 4.79 Å². The van der Waals surface area contributed by atoms with Crippen molar-refractivity contribution in [3.05, 3.63) is 35.4 Å². The van der Waals surface area contributed by atoms with Crippen LogP contribution >= 0.6 is 11.6 Å². The molecule has 1 rings (SSSR count). The number of amides is 1. The van der Waals surface area contributed by atoms with Crippen molar-refractivity contribution in [2.75, 3.05) is 26.5 Å². The van der Waals surface area contributed by atoms with E-state index in [1.807, 2.05) is 50.2 Å². The van der Waals surface area contributed by atoms with E-state index in [4.69, 9.17) is 11.6 Å². The van der Waals surface area contributed by atoms with Gasteiger partial charge in [0.1, 0.15) is 5.88 Å². The fourth-order valence-corrected chi connectivity index (χ4v) is 1.71. The number of likely N-dealkylation sites (N-methyl/N-ethyl adjacent to an activating group) is 1. The summed E-state index contributed by atoms with van der Waals surface area (Å²) in [4.78, 5) is 13.4. The normalized spacial score (nSPS) is 12.5. The van der Waals surface area contributed by atoms with Gasteiger partial charge < -0.3 is 10.2 Å². The van der Waals surface area contributed by atoms with Crippen LogP contribution in [0.15, 0.2) is 24.3 Å². The third-order valence-corrected chi connectivity index (χ3v) is 2.73. The van der Waals surface area contributed by atoms with Crippen LogP contribution < -0.4 is 5.32 Å². The monoisotopic (exact) mass is 254 g/mol. The molecule has 1 unspecified atom stereocenters. The van der Waals surface area contributed by atoms with Gasteiger partial charge in [0.25, 0.3) is 0 Å². The number of nitrogens with zero attached hydrogens (tertiary/aromatic N) is 1. The van der Waals surface area contributed by atoms with Gasteiger partial charge in [-0.1, -0.05) is 29.8 Å². The first-order chi connectivity index (χ1) is 8.02. The average molecular weight is 255 g/mol. The summed E-state index contributed by atoms with van der Waals surface area (Å²) in [5.41, 5.74) is 2.31. The summed E-state index contributed by atoms with van der Waals surface area (Å²) >= 11 is 5.52. The van der Waals surface area contributed by atoms with E-state index in [9.17, 15) is 4.79 Å². The molecular weight excluding hydrogens is 236 g/mol. The fraction of sp³-hybridized carbons (Fsp3) is 0.462. The highest BCUT2D eigenvalue weighted by Gasteiger charge is 2.14. The zero-order valence-electron chi connectivity index (χ0n) is 10.5. The number of benzene rings is 1.